The molecule has 0 atom stereocenters. The van der Waals surface area contributed by atoms with Crippen LogP contribution < -0.4 is 9.47 Å². The van der Waals surface area contributed by atoms with E-state index in [-0.39, 0.29) is 12.7 Å². The molecular weight excluding hydrogens is 376 g/mol. The van der Waals surface area contributed by atoms with E-state index in [1.807, 2.05) is 85.9 Å². The van der Waals surface area contributed by atoms with Crippen LogP contribution in [-0.2, 0) is 6.54 Å². The van der Waals surface area contributed by atoms with Gasteiger partial charge in [0.25, 0.3) is 5.91 Å². The molecule has 5 heteroatoms. The van der Waals surface area contributed by atoms with Crippen LogP contribution in [0.5, 0.6) is 11.5 Å². The molecule has 0 saturated carbocycles. The van der Waals surface area contributed by atoms with Gasteiger partial charge in [-0.15, -0.1) is 0 Å². The molecule has 1 aliphatic rings. The van der Waals surface area contributed by atoms with Crippen LogP contribution in [-0.4, -0.2) is 29.6 Å². The monoisotopic (exact) mass is 396 g/mol. The molecule has 0 spiro atoms. The van der Waals surface area contributed by atoms with Gasteiger partial charge < -0.3 is 14.4 Å². The van der Waals surface area contributed by atoms with Crippen molar-refractivity contribution in [2.75, 3.05) is 13.8 Å². The first-order valence-electron chi connectivity index (χ1n) is 9.78. The highest BCUT2D eigenvalue weighted by molar-refractivity contribution is 6.07. The van der Waals surface area contributed by atoms with Gasteiger partial charge in [0.1, 0.15) is 0 Å². The van der Waals surface area contributed by atoms with Gasteiger partial charge in [-0.3, -0.25) is 4.79 Å². The van der Waals surface area contributed by atoms with Gasteiger partial charge in [0.15, 0.2) is 11.5 Å². The van der Waals surface area contributed by atoms with Gasteiger partial charge in [0.2, 0.25) is 6.79 Å². The fourth-order valence-electron chi connectivity index (χ4n) is 3.69. The Bertz CT molecular complexity index is 1240. The van der Waals surface area contributed by atoms with Gasteiger partial charge in [-0.2, -0.15) is 0 Å². The molecule has 0 unspecified atom stereocenters. The smallest absolute Gasteiger partial charge is 0.254 e. The van der Waals surface area contributed by atoms with Crippen molar-refractivity contribution in [2.24, 2.45) is 0 Å². The highest BCUT2D eigenvalue weighted by Gasteiger charge is 2.19. The molecule has 1 aromatic heterocycles. The van der Waals surface area contributed by atoms with E-state index in [2.05, 4.69) is 0 Å². The zero-order valence-electron chi connectivity index (χ0n) is 16.5. The molecule has 30 heavy (non-hydrogen) atoms. The number of nitrogens with zero attached hydrogens (tertiary/aromatic N) is 2. The molecule has 3 aromatic carbocycles. The predicted octanol–water partition coefficient (Wildman–Crippen LogP) is 4.90. The Labute approximate surface area is 174 Å². The minimum absolute atomic E-state index is 0.0422. The third-order valence-corrected chi connectivity index (χ3v) is 5.22. The maximum absolute atomic E-state index is 13.4. The highest BCUT2D eigenvalue weighted by atomic mass is 16.7. The Hall–Kier alpha value is -3.86. The molecule has 148 valence electrons. The van der Waals surface area contributed by atoms with Crippen molar-refractivity contribution in [1.82, 2.24) is 9.88 Å². The lowest BCUT2D eigenvalue weighted by Crippen LogP contribution is -2.26. The minimum atomic E-state index is -0.0422. The average Bonchev–Trinajstić information content (AvgIpc) is 3.26. The molecule has 0 aliphatic carbocycles. The third kappa shape index (κ3) is 3.35. The van der Waals surface area contributed by atoms with Crippen molar-refractivity contribution < 1.29 is 14.3 Å². The fraction of sp³-hybridized carbons (Fsp3) is 0.120. The number of para-hydroxylation sites is 1. The van der Waals surface area contributed by atoms with Crippen LogP contribution in [0.3, 0.4) is 0 Å². The topological polar surface area (TPSA) is 51.7 Å². The summed E-state index contributed by atoms with van der Waals surface area (Å²) in [5.74, 6) is 1.37. The minimum Gasteiger partial charge on any atom is -0.454 e. The molecule has 0 bridgehead atoms. The van der Waals surface area contributed by atoms with E-state index in [9.17, 15) is 4.79 Å². The van der Waals surface area contributed by atoms with Crippen molar-refractivity contribution in [3.05, 3.63) is 90.0 Å². The van der Waals surface area contributed by atoms with Gasteiger partial charge >= 0.3 is 0 Å². The maximum Gasteiger partial charge on any atom is 0.254 e. The molecule has 0 fully saturated rings. The second-order valence-electron chi connectivity index (χ2n) is 7.29. The summed E-state index contributed by atoms with van der Waals surface area (Å²) >= 11 is 0. The first-order valence-corrected chi connectivity index (χ1v) is 9.78. The van der Waals surface area contributed by atoms with Crippen LogP contribution in [0, 0.1) is 0 Å². The van der Waals surface area contributed by atoms with E-state index in [4.69, 9.17) is 14.5 Å². The standard InChI is InChI=1S/C25H20N2O3/c1-27(15-17-7-3-2-4-8-17)25(28)20-14-22(26-21-10-6-5-9-19(20)21)18-11-12-23-24(13-18)30-16-29-23/h2-14H,15-16H2,1H3. The number of rotatable bonds is 4. The zero-order valence-corrected chi connectivity index (χ0v) is 16.5. The van der Waals surface area contributed by atoms with E-state index >= 15 is 0 Å². The number of carbonyl (C=O) groups excluding carboxylic acids is 1. The molecular formula is C25H20N2O3. The molecule has 4 aromatic rings. The van der Waals surface area contributed by atoms with Gasteiger partial charge in [-0.1, -0.05) is 48.5 Å². The van der Waals surface area contributed by atoms with Gasteiger partial charge in [0.05, 0.1) is 16.8 Å². The Morgan fingerprint density at radius 1 is 0.933 bits per heavy atom. The lowest BCUT2D eigenvalue weighted by Gasteiger charge is -2.19. The normalized spacial score (nSPS) is 12.2. The van der Waals surface area contributed by atoms with Crippen molar-refractivity contribution in [1.29, 1.82) is 0 Å². The molecule has 5 nitrogen and oxygen atoms in total. The van der Waals surface area contributed by atoms with Crippen molar-refractivity contribution in [2.45, 2.75) is 6.54 Å². The number of hydrogen-bond donors (Lipinski definition) is 0. The summed E-state index contributed by atoms with van der Waals surface area (Å²) in [6.07, 6.45) is 0. The molecule has 2 heterocycles. The van der Waals surface area contributed by atoms with Crippen LogP contribution in [0.2, 0.25) is 0 Å². The van der Waals surface area contributed by atoms with Crippen LogP contribution in [0.25, 0.3) is 22.2 Å². The molecule has 5 rings (SSSR count). The Balaban J connectivity index is 1.56. The largest absolute Gasteiger partial charge is 0.454 e. The van der Waals surface area contributed by atoms with E-state index in [1.165, 1.54) is 0 Å². The predicted molar refractivity (Wildman–Crippen MR) is 116 cm³/mol. The summed E-state index contributed by atoms with van der Waals surface area (Å²) in [4.78, 5) is 19.9. The van der Waals surface area contributed by atoms with E-state index in [0.29, 0.717) is 17.9 Å². The maximum atomic E-state index is 13.4. The molecule has 1 amide bonds. The van der Waals surface area contributed by atoms with Crippen molar-refractivity contribution in [3.63, 3.8) is 0 Å². The van der Waals surface area contributed by atoms with Gasteiger partial charge in [0, 0.05) is 24.5 Å². The number of hydrogen-bond acceptors (Lipinski definition) is 4. The quantitative estimate of drug-likeness (QED) is 0.492. The molecule has 0 radical (unpaired) electrons. The molecule has 0 N–H and O–H groups in total. The van der Waals surface area contributed by atoms with Crippen LogP contribution in [0.4, 0.5) is 0 Å². The van der Waals surface area contributed by atoms with E-state index in [0.717, 1.165) is 33.5 Å². The van der Waals surface area contributed by atoms with E-state index < -0.39 is 0 Å². The van der Waals surface area contributed by atoms with Crippen LogP contribution in [0.1, 0.15) is 15.9 Å². The fourth-order valence-corrected chi connectivity index (χ4v) is 3.69. The Morgan fingerprint density at radius 2 is 1.70 bits per heavy atom. The van der Waals surface area contributed by atoms with E-state index in [1.54, 1.807) is 4.90 Å². The van der Waals surface area contributed by atoms with Gasteiger partial charge in [-0.25, -0.2) is 4.98 Å². The molecule has 1 aliphatic heterocycles. The lowest BCUT2D eigenvalue weighted by atomic mass is 10.0. The summed E-state index contributed by atoms with van der Waals surface area (Å²) < 4.78 is 10.9. The number of benzene rings is 3. The number of ether oxygens (including phenoxy) is 2. The number of fused-ring (bicyclic) bond motifs is 2. The Morgan fingerprint density at radius 3 is 2.57 bits per heavy atom. The average molecular weight is 396 g/mol. The second-order valence-corrected chi connectivity index (χ2v) is 7.29. The van der Waals surface area contributed by atoms with Crippen molar-refractivity contribution in [3.8, 4) is 22.8 Å². The van der Waals surface area contributed by atoms with Crippen molar-refractivity contribution >= 4 is 16.8 Å². The second kappa shape index (κ2) is 7.52. The van der Waals surface area contributed by atoms with Crippen LogP contribution >= 0.6 is 0 Å². The van der Waals surface area contributed by atoms with Crippen LogP contribution in [0.15, 0.2) is 78.9 Å². The number of aromatic nitrogens is 1. The number of pyridine rings is 1. The highest BCUT2D eigenvalue weighted by Crippen LogP contribution is 2.36. The first kappa shape index (κ1) is 18.2. The number of amides is 1. The summed E-state index contributed by atoms with van der Waals surface area (Å²) in [7, 11) is 1.82. The Kier molecular flexibility index (Phi) is 4.56. The third-order valence-electron chi connectivity index (χ3n) is 5.22. The van der Waals surface area contributed by atoms with Gasteiger partial charge in [-0.05, 0) is 35.9 Å². The first-order chi connectivity index (χ1) is 14.7. The zero-order chi connectivity index (χ0) is 20.5. The summed E-state index contributed by atoms with van der Waals surface area (Å²) in [5.41, 5.74) is 4.10. The molecule has 0 saturated heterocycles. The summed E-state index contributed by atoms with van der Waals surface area (Å²) in [6, 6.07) is 25.3. The summed E-state index contributed by atoms with van der Waals surface area (Å²) in [5, 5.41) is 0.840. The number of carbonyl (C=O) groups is 1. The summed E-state index contributed by atoms with van der Waals surface area (Å²) in [6.45, 7) is 0.758. The SMILES string of the molecule is CN(Cc1ccccc1)C(=O)c1cc(-c2ccc3c(c2)OCO3)nc2ccccc12. The lowest BCUT2D eigenvalue weighted by molar-refractivity contribution is 0.0787.